The molecule has 0 bridgehead atoms. The Morgan fingerprint density at radius 3 is 2.83 bits per heavy atom. The molecule has 29 heavy (non-hydrogen) atoms. The minimum absolute atomic E-state index is 0.125. The summed E-state index contributed by atoms with van der Waals surface area (Å²) in [7, 11) is 0. The van der Waals surface area contributed by atoms with Crippen LogP contribution in [0.1, 0.15) is 6.92 Å². The number of nitrogens with one attached hydrogen (secondary N) is 2. The quantitative estimate of drug-likeness (QED) is 0.449. The van der Waals surface area contributed by atoms with Gasteiger partial charge in [0, 0.05) is 24.2 Å². The van der Waals surface area contributed by atoms with Crippen LogP contribution in [0.25, 0.3) is 16.2 Å². The summed E-state index contributed by atoms with van der Waals surface area (Å²) < 4.78 is 20.5. The van der Waals surface area contributed by atoms with Crippen LogP contribution in [0.15, 0.2) is 54.7 Å². The molecule has 0 atom stereocenters. The van der Waals surface area contributed by atoms with Crippen molar-refractivity contribution < 1.29 is 13.9 Å². The Labute approximate surface area is 170 Å². The van der Waals surface area contributed by atoms with Crippen LogP contribution in [0.4, 0.5) is 15.2 Å². The Bertz CT molecular complexity index is 1110. The molecular formula is C20H18FN5O2S. The maximum absolute atomic E-state index is 13.1. The van der Waals surface area contributed by atoms with Crippen molar-refractivity contribution in [1.29, 1.82) is 0 Å². The second-order valence-corrected chi connectivity index (χ2v) is 7.21. The van der Waals surface area contributed by atoms with E-state index in [0.29, 0.717) is 24.6 Å². The van der Waals surface area contributed by atoms with Gasteiger partial charge in [-0.25, -0.2) is 13.9 Å². The van der Waals surface area contributed by atoms with Gasteiger partial charge in [0.15, 0.2) is 0 Å². The maximum atomic E-state index is 13.1. The SMILES string of the molecule is CC(=O)Nc1cccc(OCCNc2nn3cc(-c4ccc(F)cc4)nc3s2)c1. The van der Waals surface area contributed by atoms with E-state index in [1.807, 2.05) is 18.3 Å². The van der Waals surface area contributed by atoms with Gasteiger partial charge in [-0.2, -0.15) is 0 Å². The number of benzene rings is 2. The number of ether oxygens (including phenoxy) is 1. The first-order chi connectivity index (χ1) is 14.1. The average molecular weight is 411 g/mol. The van der Waals surface area contributed by atoms with Crippen molar-refractivity contribution in [2.24, 2.45) is 0 Å². The van der Waals surface area contributed by atoms with Crippen molar-refractivity contribution in [3.05, 3.63) is 60.5 Å². The third-order valence-electron chi connectivity index (χ3n) is 3.98. The van der Waals surface area contributed by atoms with Crippen molar-refractivity contribution in [3.8, 4) is 17.0 Å². The lowest BCUT2D eigenvalue weighted by atomic mass is 10.2. The number of aromatic nitrogens is 3. The minimum Gasteiger partial charge on any atom is -0.492 e. The van der Waals surface area contributed by atoms with Crippen LogP contribution in [0, 0.1) is 5.82 Å². The van der Waals surface area contributed by atoms with E-state index in [-0.39, 0.29) is 11.7 Å². The summed E-state index contributed by atoms with van der Waals surface area (Å²) in [6, 6.07) is 13.4. The van der Waals surface area contributed by atoms with Crippen LogP contribution in [0.5, 0.6) is 5.75 Å². The average Bonchev–Trinajstić information content (AvgIpc) is 3.24. The molecule has 9 heteroatoms. The molecule has 7 nitrogen and oxygen atoms in total. The van der Waals surface area contributed by atoms with Gasteiger partial charge in [0.25, 0.3) is 0 Å². The van der Waals surface area contributed by atoms with Crippen molar-refractivity contribution in [2.45, 2.75) is 6.92 Å². The van der Waals surface area contributed by atoms with E-state index in [1.165, 1.54) is 30.4 Å². The fourth-order valence-electron chi connectivity index (χ4n) is 2.73. The summed E-state index contributed by atoms with van der Waals surface area (Å²) >= 11 is 1.42. The standard InChI is InChI=1S/C20H18FN5O2S/c1-13(27)23-16-3-2-4-17(11-16)28-10-9-22-19-25-26-12-18(24-20(26)29-19)14-5-7-15(21)8-6-14/h2-8,11-12H,9-10H2,1H3,(H,22,25)(H,23,27). The van der Waals surface area contributed by atoms with Crippen LogP contribution in [0.2, 0.25) is 0 Å². The molecule has 0 fully saturated rings. The molecule has 0 saturated heterocycles. The molecule has 1 amide bonds. The topological polar surface area (TPSA) is 80.5 Å². The summed E-state index contributed by atoms with van der Waals surface area (Å²) in [4.78, 5) is 16.4. The first kappa shape index (κ1) is 18.9. The molecule has 0 aliphatic heterocycles. The Morgan fingerprint density at radius 2 is 2.07 bits per heavy atom. The van der Waals surface area contributed by atoms with Gasteiger partial charge in [0.05, 0.1) is 18.4 Å². The zero-order valence-corrected chi connectivity index (χ0v) is 16.4. The summed E-state index contributed by atoms with van der Waals surface area (Å²) in [5.41, 5.74) is 2.28. The summed E-state index contributed by atoms with van der Waals surface area (Å²) in [5, 5.41) is 11.1. The maximum Gasteiger partial charge on any atom is 0.221 e. The highest BCUT2D eigenvalue weighted by atomic mass is 32.1. The molecule has 4 aromatic rings. The van der Waals surface area contributed by atoms with E-state index in [9.17, 15) is 9.18 Å². The van der Waals surface area contributed by atoms with Gasteiger partial charge in [-0.3, -0.25) is 4.79 Å². The summed E-state index contributed by atoms with van der Waals surface area (Å²) in [5.74, 6) is 0.277. The highest BCUT2D eigenvalue weighted by Gasteiger charge is 2.09. The van der Waals surface area contributed by atoms with Crippen LogP contribution in [-0.4, -0.2) is 33.7 Å². The number of halogens is 1. The number of hydrogen-bond donors (Lipinski definition) is 2. The predicted octanol–water partition coefficient (Wildman–Crippen LogP) is 4.05. The number of anilines is 2. The molecule has 0 aliphatic rings. The Morgan fingerprint density at radius 1 is 1.24 bits per heavy atom. The fourth-order valence-corrected chi connectivity index (χ4v) is 3.53. The summed E-state index contributed by atoms with van der Waals surface area (Å²) in [6.45, 7) is 2.46. The molecule has 0 radical (unpaired) electrons. The summed E-state index contributed by atoms with van der Waals surface area (Å²) in [6.07, 6.45) is 1.81. The van der Waals surface area contributed by atoms with Crippen molar-refractivity contribution in [1.82, 2.24) is 14.6 Å². The van der Waals surface area contributed by atoms with Crippen LogP contribution >= 0.6 is 11.3 Å². The molecule has 2 N–H and O–H groups in total. The molecule has 0 spiro atoms. The number of rotatable bonds is 7. The highest BCUT2D eigenvalue weighted by Crippen LogP contribution is 2.24. The van der Waals surface area contributed by atoms with E-state index in [0.717, 1.165) is 21.3 Å². The van der Waals surface area contributed by atoms with Gasteiger partial charge in [0.2, 0.25) is 16.0 Å². The number of hydrogen-bond acceptors (Lipinski definition) is 6. The predicted molar refractivity (Wildman–Crippen MR) is 111 cm³/mol. The zero-order chi connectivity index (χ0) is 20.2. The molecule has 2 heterocycles. The van der Waals surface area contributed by atoms with Gasteiger partial charge in [-0.1, -0.05) is 17.4 Å². The molecule has 0 saturated carbocycles. The van der Waals surface area contributed by atoms with Crippen molar-refractivity contribution in [2.75, 3.05) is 23.8 Å². The lowest BCUT2D eigenvalue weighted by Crippen LogP contribution is -2.12. The number of imidazole rings is 1. The van der Waals surface area contributed by atoms with Crippen LogP contribution < -0.4 is 15.4 Å². The molecule has 2 aromatic carbocycles. The Balaban J connectivity index is 1.32. The van der Waals surface area contributed by atoms with E-state index in [2.05, 4.69) is 20.7 Å². The van der Waals surface area contributed by atoms with Gasteiger partial charge in [-0.05, 0) is 36.4 Å². The number of carbonyl (C=O) groups is 1. The van der Waals surface area contributed by atoms with E-state index >= 15 is 0 Å². The van der Waals surface area contributed by atoms with Gasteiger partial charge < -0.3 is 15.4 Å². The molecule has 0 aliphatic carbocycles. The molecule has 4 rings (SSSR count). The monoisotopic (exact) mass is 411 g/mol. The first-order valence-corrected chi connectivity index (χ1v) is 9.75. The number of fused-ring (bicyclic) bond motifs is 1. The van der Waals surface area contributed by atoms with Gasteiger partial charge in [0.1, 0.15) is 18.2 Å². The molecule has 148 valence electrons. The van der Waals surface area contributed by atoms with Crippen molar-refractivity contribution >= 4 is 33.0 Å². The lowest BCUT2D eigenvalue weighted by Gasteiger charge is -2.08. The van der Waals surface area contributed by atoms with Gasteiger partial charge in [-0.15, -0.1) is 5.10 Å². The first-order valence-electron chi connectivity index (χ1n) is 8.93. The van der Waals surface area contributed by atoms with Crippen LogP contribution in [-0.2, 0) is 4.79 Å². The van der Waals surface area contributed by atoms with E-state index < -0.39 is 0 Å². The molecular weight excluding hydrogens is 393 g/mol. The van der Waals surface area contributed by atoms with Crippen molar-refractivity contribution in [3.63, 3.8) is 0 Å². The molecule has 2 aromatic heterocycles. The van der Waals surface area contributed by atoms with E-state index in [4.69, 9.17) is 4.74 Å². The van der Waals surface area contributed by atoms with E-state index in [1.54, 1.807) is 28.8 Å². The number of carbonyl (C=O) groups excluding carboxylic acids is 1. The highest BCUT2D eigenvalue weighted by molar-refractivity contribution is 7.20. The lowest BCUT2D eigenvalue weighted by molar-refractivity contribution is -0.114. The second-order valence-electron chi connectivity index (χ2n) is 6.25. The zero-order valence-electron chi connectivity index (χ0n) is 15.6. The number of amides is 1. The molecule has 0 unspecified atom stereocenters. The smallest absolute Gasteiger partial charge is 0.221 e. The third-order valence-corrected chi connectivity index (χ3v) is 4.86. The second kappa shape index (κ2) is 8.27. The van der Waals surface area contributed by atoms with Crippen LogP contribution in [0.3, 0.4) is 0 Å². The fraction of sp³-hybridized carbons (Fsp3) is 0.150. The Hall–Kier alpha value is -3.46. The number of nitrogens with zero attached hydrogens (tertiary/aromatic N) is 3. The third kappa shape index (κ3) is 4.69. The minimum atomic E-state index is -0.275. The normalized spacial score (nSPS) is 10.8. The van der Waals surface area contributed by atoms with Gasteiger partial charge >= 0.3 is 0 Å². The Kier molecular flexibility index (Phi) is 5.39. The largest absolute Gasteiger partial charge is 0.492 e.